The molecule has 0 bridgehead atoms. The van der Waals surface area contributed by atoms with Crippen molar-refractivity contribution in [1.82, 2.24) is 0 Å². The standard InChI is InChI=1S/C16H23F3N2/c1-15(2)8-6-12(7-9-15)21(3)14-5-4-11(20)10-13(14)16(17,18)19/h4-5,10,12H,6-9,20H2,1-3H3. The van der Waals surface area contributed by atoms with Crippen LogP contribution in [0.4, 0.5) is 24.5 Å². The van der Waals surface area contributed by atoms with E-state index in [-0.39, 0.29) is 17.4 Å². The summed E-state index contributed by atoms with van der Waals surface area (Å²) in [6.07, 6.45) is -0.458. The second-order valence-electron chi connectivity index (χ2n) is 6.78. The summed E-state index contributed by atoms with van der Waals surface area (Å²) in [4.78, 5) is 1.78. The third-order valence-electron chi connectivity index (χ3n) is 4.56. The van der Waals surface area contributed by atoms with E-state index >= 15 is 0 Å². The Hall–Kier alpha value is -1.39. The van der Waals surface area contributed by atoms with Crippen LogP contribution in [0, 0.1) is 5.41 Å². The number of anilines is 2. The predicted molar refractivity (Wildman–Crippen MR) is 80.3 cm³/mol. The molecule has 0 saturated heterocycles. The van der Waals surface area contributed by atoms with Crippen molar-refractivity contribution < 1.29 is 13.2 Å². The number of nitrogens with two attached hydrogens (primary N) is 1. The molecule has 2 N–H and O–H groups in total. The van der Waals surface area contributed by atoms with Crippen molar-refractivity contribution in [2.75, 3.05) is 17.7 Å². The molecular formula is C16H23F3N2. The van der Waals surface area contributed by atoms with Gasteiger partial charge in [0.15, 0.2) is 0 Å². The number of alkyl halides is 3. The number of halogens is 3. The van der Waals surface area contributed by atoms with Crippen LogP contribution >= 0.6 is 0 Å². The molecule has 0 radical (unpaired) electrons. The van der Waals surface area contributed by atoms with Gasteiger partial charge in [0.2, 0.25) is 0 Å². The van der Waals surface area contributed by atoms with Crippen LogP contribution in [-0.2, 0) is 6.18 Å². The zero-order valence-corrected chi connectivity index (χ0v) is 12.8. The highest BCUT2D eigenvalue weighted by Gasteiger charge is 2.36. The fourth-order valence-corrected chi connectivity index (χ4v) is 3.06. The summed E-state index contributed by atoms with van der Waals surface area (Å²) in [6.45, 7) is 4.43. The van der Waals surface area contributed by atoms with Gasteiger partial charge in [0.05, 0.1) is 5.56 Å². The number of rotatable bonds is 2. The molecule has 2 rings (SSSR count). The molecule has 1 aromatic rings. The Balaban J connectivity index is 2.26. The van der Waals surface area contributed by atoms with Crippen LogP contribution in [0.3, 0.4) is 0 Å². The van der Waals surface area contributed by atoms with Gasteiger partial charge in [-0.1, -0.05) is 13.8 Å². The van der Waals surface area contributed by atoms with Crippen molar-refractivity contribution in [2.45, 2.75) is 51.7 Å². The van der Waals surface area contributed by atoms with Crippen LogP contribution in [0.2, 0.25) is 0 Å². The molecule has 1 aliphatic rings. The molecule has 118 valence electrons. The molecule has 0 aliphatic heterocycles. The van der Waals surface area contributed by atoms with Gasteiger partial charge in [-0.05, 0) is 49.3 Å². The molecule has 1 saturated carbocycles. The minimum atomic E-state index is -4.38. The first-order valence-electron chi connectivity index (χ1n) is 7.30. The van der Waals surface area contributed by atoms with Crippen molar-refractivity contribution in [2.24, 2.45) is 5.41 Å². The van der Waals surface area contributed by atoms with Crippen molar-refractivity contribution in [1.29, 1.82) is 0 Å². The predicted octanol–water partition coefficient (Wildman–Crippen LogP) is 4.69. The molecule has 2 nitrogen and oxygen atoms in total. The van der Waals surface area contributed by atoms with E-state index in [1.54, 1.807) is 11.9 Å². The van der Waals surface area contributed by atoms with Gasteiger partial charge >= 0.3 is 6.18 Å². The minimum Gasteiger partial charge on any atom is -0.399 e. The van der Waals surface area contributed by atoms with Gasteiger partial charge < -0.3 is 10.6 Å². The maximum absolute atomic E-state index is 13.2. The van der Waals surface area contributed by atoms with Crippen LogP contribution in [0.1, 0.15) is 45.1 Å². The van der Waals surface area contributed by atoms with Gasteiger partial charge in [-0.3, -0.25) is 0 Å². The van der Waals surface area contributed by atoms with E-state index in [4.69, 9.17) is 5.73 Å². The topological polar surface area (TPSA) is 29.3 Å². The van der Waals surface area contributed by atoms with Gasteiger partial charge in [-0.2, -0.15) is 13.2 Å². The van der Waals surface area contributed by atoms with Gasteiger partial charge in [0, 0.05) is 24.5 Å². The largest absolute Gasteiger partial charge is 0.418 e. The normalized spacial score (nSPS) is 19.5. The highest BCUT2D eigenvalue weighted by molar-refractivity contribution is 5.61. The van der Waals surface area contributed by atoms with E-state index in [9.17, 15) is 13.2 Å². The lowest BCUT2D eigenvalue weighted by Crippen LogP contribution is -2.38. The Morgan fingerprint density at radius 1 is 1.19 bits per heavy atom. The second kappa shape index (κ2) is 5.43. The Labute approximate surface area is 124 Å². The SMILES string of the molecule is CN(c1ccc(N)cc1C(F)(F)F)C1CCC(C)(C)CC1. The molecule has 1 aliphatic carbocycles. The van der Waals surface area contributed by atoms with Crippen LogP contribution < -0.4 is 10.6 Å². The van der Waals surface area contributed by atoms with Crippen molar-refractivity contribution >= 4 is 11.4 Å². The first-order valence-corrected chi connectivity index (χ1v) is 7.30. The number of benzene rings is 1. The molecule has 1 aromatic carbocycles. The smallest absolute Gasteiger partial charge is 0.399 e. The highest BCUT2D eigenvalue weighted by Crippen LogP contribution is 2.41. The second-order valence-corrected chi connectivity index (χ2v) is 6.78. The Morgan fingerprint density at radius 3 is 2.29 bits per heavy atom. The fourth-order valence-electron chi connectivity index (χ4n) is 3.06. The molecule has 21 heavy (non-hydrogen) atoms. The summed E-state index contributed by atoms with van der Waals surface area (Å²) in [5.74, 6) is 0. The maximum Gasteiger partial charge on any atom is 0.418 e. The van der Waals surface area contributed by atoms with E-state index in [2.05, 4.69) is 13.8 Å². The lowest BCUT2D eigenvalue weighted by atomic mass is 9.75. The molecule has 0 spiro atoms. The van der Waals surface area contributed by atoms with Crippen LogP contribution in [-0.4, -0.2) is 13.1 Å². The lowest BCUT2D eigenvalue weighted by Gasteiger charge is -2.40. The maximum atomic E-state index is 13.2. The zero-order valence-electron chi connectivity index (χ0n) is 12.8. The molecule has 1 fully saturated rings. The van der Waals surface area contributed by atoms with Gasteiger partial charge in [-0.25, -0.2) is 0 Å². The van der Waals surface area contributed by atoms with Crippen molar-refractivity contribution in [3.8, 4) is 0 Å². The van der Waals surface area contributed by atoms with E-state index in [0.717, 1.165) is 31.7 Å². The molecule has 0 heterocycles. The molecule has 5 heteroatoms. The van der Waals surface area contributed by atoms with Crippen LogP contribution in [0.15, 0.2) is 18.2 Å². The molecule has 0 aromatic heterocycles. The number of hydrogen-bond acceptors (Lipinski definition) is 2. The number of hydrogen-bond donors (Lipinski definition) is 1. The van der Waals surface area contributed by atoms with E-state index in [0.29, 0.717) is 5.41 Å². The van der Waals surface area contributed by atoms with E-state index in [1.165, 1.54) is 12.1 Å². The lowest BCUT2D eigenvalue weighted by molar-refractivity contribution is -0.137. The van der Waals surface area contributed by atoms with Crippen molar-refractivity contribution in [3.05, 3.63) is 23.8 Å². The Morgan fingerprint density at radius 2 is 1.76 bits per heavy atom. The Bertz CT molecular complexity index is 499. The van der Waals surface area contributed by atoms with E-state index in [1.807, 2.05) is 0 Å². The fraction of sp³-hybridized carbons (Fsp3) is 0.625. The summed E-state index contributed by atoms with van der Waals surface area (Å²) >= 11 is 0. The van der Waals surface area contributed by atoms with Crippen LogP contribution in [0.5, 0.6) is 0 Å². The summed E-state index contributed by atoms with van der Waals surface area (Å²) in [7, 11) is 1.75. The van der Waals surface area contributed by atoms with Gasteiger partial charge in [-0.15, -0.1) is 0 Å². The van der Waals surface area contributed by atoms with Crippen LogP contribution in [0.25, 0.3) is 0 Å². The third-order valence-corrected chi connectivity index (χ3v) is 4.56. The summed E-state index contributed by atoms with van der Waals surface area (Å²) < 4.78 is 39.6. The molecule has 0 atom stereocenters. The minimum absolute atomic E-state index is 0.143. The summed E-state index contributed by atoms with van der Waals surface area (Å²) in [6, 6.07) is 4.20. The number of nitrogens with zero attached hydrogens (tertiary/aromatic N) is 1. The molecule has 0 amide bonds. The van der Waals surface area contributed by atoms with Gasteiger partial charge in [0.25, 0.3) is 0 Å². The zero-order chi connectivity index (χ0) is 15.8. The molecular weight excluding hydrogens is 277 g/mol. The summed E-state index contributed by atoms with van der Waals surface area (Å²) in [5.41, 5.74) is 5.54. The highest BCUT2D eigenvalue weighted by atomic mass is 19.4. The third kappa shape index (κ3) is 3.63. The van der Waals surface area contributed by atoms with Crippen molar-refractivity contribution in [3.63, 3.8) is 0 Å². The average Bonchev–Trinajstić information content (AvgIpc) is 2.37. The number of nitrogen functional groups attached to an aromatic ring is 1. The molecule has 0 unspecified atom stereocenters. The monoisotopic (exact) mass is 300 g/mol. The quantitative estimate of drug-likeness (QED) is 0.803. The van der Waals surface area contributed by atoms with E-state index < -0.39 is 11.7 Å². The first kappa shape index (κ1) is 16.0. The summed E-state index contributed by atoms with van der Waals surface area (Å²) in [5, 5.41) is 0. The Kier molecular flexibility index (Phi) is 4.13. The average molecular weight is 300 g/mol. The first-order chi connectivity index (χ1) is 9.60. The van der Waals surface area contributed by atoms with Gasteiger partial charge in [0.1, 0.15) is 0 Å².